The number of imidazole rings is 1. The third kappa shape index (κ3) is 3.74. The van der Waals surface area contributed by atoms with E-state index in [1.165, 1.54) is 6.07 Å². The molecular formula is C26H19FN8O. The second-order valence-electron chi connectivity index (χ2n) is 8.17. The van der Waals surface area contributed by atoms with Gasteiger partial charge in [-0.15, -0.1) is 0 Å². The van der Waals surface area contributed by atoms with Crippen LogP contribution in [0.1, 0.15) is 13.3 Å². The Bertz CT molecular complexity index is 1740. The molecule has 0 spiro atoms. The lowest BCUT2D eigenvalue weighted by atomic mass is 10.0. The molecule has 9 nitrogen and oxygen atoms in total. The van der Waals surface area contributed by atoms with Crippen molar-refractivity contribution in [1.29, 1.82) is 0 Å². The first-order chi connectivity index (χ1) is 17.6. The predicted octanol–water partition coefficient (Wildman–Crippen LogP) is 5.11. The van der Waals surface area contributed by atoms with Gasteiger partial charge in [-0.25, -0.2) is 14.4 Å². The molecule has 6 rings (SSSR count). The van der Waals surface area contributed by atoms with E-state index in [0.29, 0.717) is 51.3 Å². The van der Waals surface area contributed by atoms with Gasteiger partial charge in [-0.3, -0.25) is 19.9 Å². The van der Waals surface area contributed by atoms with Crippen LogP contribution in [0.5, 0.6) is 0 Å². The standard InChI is InChI=1S/C26H19FN8O/c1-2-21(36)31-16-9-15(12-28-13-16)14-10-18-22(19(27)11-14)34-35-24(18)26-32-23-17(6-8-30-25(23)33-26)20-5-3-4-7-29-20/h3-13H,2H2,1H3,(H,31,36)(H,34,35)(H,30,32,33). The van der Waals surface area contributed by atoms with Gasteiger partial charge >= 0.3 is 0 Å². The fraction of sp³-hybridized carbons (Fsp3) is 0.0769. The van der Waals surface area contributed by atoms with Crippen molar-refractivity contribution in [2.45, 2.75) is 13.3 Å². The van der Waals surface area contributed by atoms with E-state index in [-0.39, 0.29) is 11.4 Å². The first kappa shape index (κ1) is 21.5. The van der Waals surface area contributed by atoms with Gasteiger partial charge in [0, 0.05) is 41.5 Å². The number of anilines is 1. The Kier molecular flexibility index (Phi) is 5.18. The highest BCUT2D eigenvalue weighted by Crippen LogP contribution is 2.33. The lowest BCUT2D eigenvalue weighted by molar-refractivity contribution is -0.115. The number of rotatable bonds is 5. The number of hydrogen-bond acceptors (Lipinski definition) is 6. The molecule has 0 saturated heterocycles. The van der Waals surface area contributed by atoms with Crippen LogP contribution in [-0.2, 0) is 4.79 Å². The molecule has 0 radical (unpaired) electrons. The van der Waals surface area contributed by atoms with E-state index < -0.39 is 5.82 Å². The molecule has 0 aliphatic carbocycles. The molecule has 1 aromatic carbocycles. The van der Waals surface area contributed by atoms with E-state index in [2.05, 4.69) is 40.4 Å². The molecule has 5 aromatic heterocycles. The minimum atomic E-state index is -0.489. The lowest BCUT2D eigenvalue weighted by Gasteiger charge is -2.07. The number of aromatic amines is 2. The Balaban J connectivity index is 1.46. The zero-order chi connectivity index (χ0) is 24.6. The first-order valence-electron chi connectivity index (χ1n) is 11.3. The molecule has 0 aliphatic heterocycles. The normalized spacial score (nSPS) is 11.3. The number of fused-ring (bicyclic) bond motifs is 2. The Labute approximate surface area is 203 Å². The molecule has 10 heteroatoms. The van der Waals surface area contributed by atoms with Gasteiger partial charge in [-0.05, 0) is 42.0 Å². The molecule has 0 saturated carbocycles. The second kappa shape index (κ2) is 8.66. The maximum absolute atomic E-state index is 15.1. The number of nitrogens with one attached hydrogen (secondary N) is 3. The molecule has 0 unspecified atom stereocenters. The van der Waals surface area contributed by atoms with Crippen LogP contribution < -0.4 is 5.32 Å². The molecule has 3 N–H and O–H groups in total. The van der Waals surface area contributed by atoms with E-state index in [9.17, 15) is 4.79 Å². The van der Waals surface area contributed by atoms with Crippen LogP contribution in [0, 0.1) is 5.82 Å². The number of carbonyl (C=O) groups excluding carboxylic acids is 1. The van der Waals surface area contributed by atoms with Crippen LogP contribution in [0.25, 0.3) is 56.0 Å². The maximum Gasteiger partial charge on any atom is 0.224 e. The van der Waals surface area contributed by atoms with Crippen molar-refractivity contribution in [3.8, 4) is 33.9 Å². The molecule has 1 amide bonds. The SMILES string of the molecule is CCC(=O)Nc1cncc(-c2cc(F)c3n[nH]c(-c4nc5nccc(-c6ccccn6)c5[nH]4)c3c2)c1. The lowest BCUT2D eigenvalue weighted by Crippen LogP contribution is -2.09. The third-order valence-electron chi connectivity index (χ3n) is 5.86. The summed E-state index contributed by atoms with van der Waals surface area (Å²) >= 11 is 0. The number of benzene rings is 1. The van der Waals surface area contributed by atoms with Crippen LogP contribution in [0.15, 0.2) is 67.3 Å². The van der Waals surface area contributed by atoms with E-state index in [0.717, 1.165) is 11.3 Å². The summed E-state index contributed by atoms with van der Waals surface area (Å²) in [5, 5.41) is 10.4. The summed E-state index contributed by atoms with van der Waals surface area (Å²) in [7, 11) is 0. The molecular weight excluding hydrogens is 459 g/mol. The summed E-state index contributed by atoms with van der Waals surface area (Å²) in [6.45, 7) is 1.77. The van der Waals surface area contributed by atoms with Crippen LogP contribution in [0.3, 0.4) is 0 Å². The van der Waals surface area contributed by atoms with Gasteiger partial charge < -0.3 is 10.3 Å². The molecule has 5 heterocycles. The van der Waals surface area contributed by atoms with Gasteiger partial charge in [0.25, 0.3) is 0 Å². The zero-order valence-electron chi connectivity index (χ0n) is 19.1. The molecule has 0 aliphatic rings. The number of hydrogen-bond donors (Lipinski definition) is 3. The summed E-state index contributed by atoms with van der Waals surface area (Å²) in [6.07, 6.45) is 6.92. The quantitative estimate of drug-likeness (QED) is 0.316. The molecule has 0 fully saturated rings. The van der Waals surface area contributed by atoms with Gasteiger partial charge in [-0.1, -0.05) is 13.0 Å². The summed E-state index contributed by atoms with van der Waals surface area (Å²) in [6, 6.07) is 12.5. The minimum Gasteiger partial charge on any atom is -0.335 e. The average molecular weight is 478 g/mol. The van der Waals surface area contributed by atoms with Gasteiger partial charge in [0.1, 0.15) is 11.2 Å². The van der Waals surface area contributed by atoms with Crippen molar-refractivity contribution in [1.82, 2.24) is 35.1 Å². The summed E-state index contributed by atoms with van der Waals surface area (Å²) in [4.78, 5) is 32.7. The highest BCUT2D eigenvalue weighted by molar-refractivity contribution is 5.98. The number of H-pyrrole nitrogens is 2. The predicted molar refractivity (Wildman–Crippen MR) is 134 cm³/mol. The molecule has 176 valence electrons. The number of aromatic nitrogens is 7. The Morgan fingerprint density at radius 2 is 1.97 bits per heavy atom. The van der Waals surface area contributed by atoms with Gasteiger partial charge in [0.05, 0.1) is 23.1 Å². The van der Waals surface area contributed by atoms with E-state index in [1.54, 1.807) is 37.8 Å². The summed E-state index contributed by atoms with van der Waals surface area (Å²) in [5.41, 5.74) is 5.36. The van der Waals surface area contributed by atoms with E-state index in [4.69, 9.17) is 0 Å². The highest BCUT2D eigenvalue weighted by atomic mass is 19.1. The number of nitrogens with zero attached hydrogens (tertiary/aromatic N) is 5. The summed E-state index contributed by atoms with van der Waals surface area (Å²) in [5.74, 6) is -0.144. The number of amides is 1. The van der Waals surface area contributed by atoms with Crippen LogP contribution >= 0.6 is 0 Å². The van der Waals surface area contributed by atoms with Crippen molar-refractivity contribution in [2.24, 2.45) is 0 Å². The largest absolute Gasteiger partial charge is 0.335 e. The van der Waals surface area contributed by atoms with Crippen molar-refractivity contribution in [2.75, 3.05) is 5.32 Å². The van der Waals surface area contributed by atoms with Crippen molar-refractivity contribution in [3.05, 3.63) is 73.1 Å². The fourth-order valence-electron chi connectivity index (χ4n) is 4.10. The molecule has 0 bridgehead atoms. The zero-order valence-corrected chi connectivity index (χ0v) is 19.1. The first-order valence-corrected chi connectivity index (χ1v) is 11.3. The van der Waals surface area contributed by atoms with Gasteiger partial charge in [-0.2, -0.15) is 5.10 Å². The number of pyridine rings is 3. The third-order valence-corrected chi connectivity index (χ3v) is 5.86. The smallest absolute Gasteiger partial charge is 0.224 e. The van der Waals surface area contributed by atoms with Gasteiger partial charge in [0.2, 0.25) is 5.91 Å². The molecule has 36 heavy (non-hydrogen) atoms. The Morgan fingerprint density at radius 3 is 2.81 bits per heavy atom. The van der Waals surface area contributed by atoms with Crippen molar-refractivity contribution >= 4 is 33.7 Å². The topological polar surface area (TPSA) is 125 Å². The van der Waals surface area contributed by atoms with Gasteiger partial charge in [0.15, 0.2) is 17.3 Å². The van der Waals surface area contributed by atoms with Crippen LogP contribution in [0.2, 0.25) is 0 Å². The minimum absolute atomic E-state index is 0.128. The van der Waals surface area contributed by atoms with Crippen LogP contribution in [-0.4, -0.2) is 41.0 Å². The van der Waals surface area contributed by atoms with Crippen molar-refractivity contribution in [3.63, 3.8) is 0 Å². The molecule has 6 aromatic rings. The monoisotopic (exact) mass is 478 g/mol. The number of halogens is 1. The summed E-state index contributed by atoms with van der Waals surface area (Å²) < 4.78 is 15.1. The Hall–Kier alpha value is -4.99. The number of carbonyl (C=O) groups is 1. The maximum atomic E-state index is 15.1. The Morgan fingerprint density at radius 1 is 1.06 bits per heavy atom. The molecule has 0 atom stereocenters. The highest BCUT2D eigenvalue weighted by Gasteiger charge is 2.18. The fourth-order valence-corrected chi connectivity index (χ4v) is 4.10. The van der Waals surface area contributed by atoms with E-state index >= 15 is 4.39 Å². The van der Waals surface area contributed by atoms with E-state index in [1.807, 2.05) is 30.3 Å². The van der Waals surface area contributed by atoms with Crippen molar-refractivity contribution < 1.29 is 9.18 Å². The van der Waals surface area contributed by atoms with Crippen LogP contribution in [0.4, 0.5) is 10.1 Å². The average Bonchev–Trinajstić information content (AvgIpc) is 3.53. The second-order valence-corrected chi connectivity index (χ2v) is 8.17.